The number of esters is 1. The average Bonchev–Trinajstić information content (AvgIpc) is 2.75. The number of fused-ring (bicyclic) bond motifs is 3. The van der Waals surface area contributed by atoms with Crippen LogP contribution in [0.25, 0.3) is 0 Å². The summed E-state index contributed by atoms with van der Waals surface area (Å²) in [5.41, 5.74) is 0.616. The third-order valence-electron chi connectivity index (χ3n) is 5.24. The summed E-state index contributed by atoms with van der Waals surface area (Å²) in [6.45, 7) is 8.36. The van der Waals surface area contributed by atoms with Crippen LogP contribution >= 0.6 is 0 Å². The summed E-state index contributed by atoms with van der Waals surface area (Å²) in [6, 6.07) is 0. The molecule has 2 saturated carbocycles. The van der Waals surface area contributed by atoms with Crippen LogP contribution in [0.5, 0.6) is 0 Å². The van der Waals surface area contributed by atoms with Crippen LogP contribution in [0.1, 0.15) is 39.5 Å². The maximum atomic E-state index is 11.6. The van der Waals surface area contributed by atoms with Crippen molar-refractivity contribution in [2.45, 2.75) is 45.1 Å². The summed E-state index contributed by atoms with van der Waals surface area (Å²) in [5.74, 6) is 1.16. The molecule has 3 atom stereocenters. The molecule has 0 aromatic rings. The lowest BCUT2D eigenvalue weighted by Crippen LogP contribution is -2.49. The van der Waals surface area contributed by atoms with Crippen LogP contribution in [0.4, 0.5) is 0 Å². The Morgan fingerprint density at radius 2 is 2.00 bits per heavy atom. The van der Waals surface area contributed by atoms with Gasteiger partial charge >= 0.3 is 5.97 Å². The van der Waals surface area contributed by atoms with E-state index in [-0.39, 0.29) is 17.0 Å². The molecule has 1 heterocycles. The first kappa shape index (κ1) is 9.44. The first-order chi connectivity index (χ1) is 6.97. The number of rotatable bonds is 0. The van der Waals surface area contributed by atoms with E-state index in [0.29, 0.717) is 11.5 Å². The third kappa shape index (κ3) is 0.889. The summed E-state index contributed by atoms with van der Waals surface area (Å²) in [7, 11) is 0. The highest BCUT2D eigenvalue weighted by molar-refractivity contribution is 5.90. The van der Waals surface area contributed by atoms with Gasteiger partial charge in [-0.25, -0.2) is 4.79 Å². The van der Waals surface area contributed by atoms with Gasteiger partial charge in [-0.2, -0.15) is 0 Å². The Morgan fingerprint density at radius 1 is 1.33 bits per heavy atom. The first-order valence-electron chi connectivity index (χ1n) is 5.88. The van der Waals surface area contributed by atoms with E-state index < -0.39 is 0 Å². The van der Waals surface area contributed by atoms with Crippen molar-refractivity contribution in [1.82, 2.24) is 0 Å². The predicted octanol–water partition coefficient (Wildman–Crippen LogP) is 2.68. The van der Waals surface area contributed by atoms with E-state index in [1.54, 1.807) is 0 Å². The highest BCUT2D eigenvalue weighted by Crippen LogP contribution is 2.66. The van der Waals surface area contributed by atoms with E-state index in [1.807, 2.05) is 0 Å². The van der Waals surface area contributed by atoms with Gasteiger partial charge in [0, 0.05) is 17.4 Å². The lowest BCUT2D eigenvalue weighted by Gasteiger charge is -2.45. The standard InChI is InChI=1S/C13H18O2/c1-8-7-13(15-11(8)14)10-5-4-9(6-10)12(13,2)3/h9-10H,1,4-7H2,2-3H3/t9-,10+,13-/m1/s1. The Kier molecular flexibility index (Phi) is 1.56. The fraction of sp³-hybridized carbons (Fsp3) is 0.769. The third-order valence-corrected chi connectivity index (χ3v) is 5.24. The Balaban J connectivity index is 2.05. The molecule has 15 heavy (non-hydrogen) atoms. The van der Waals surface area contributed by atoms with E-state index in [4.69, 9.17) is 4.74 Å². The van der Waals surface area contributed by atoms with Gasteiger partial charge in [0.2, 0.25) is 0 Å². The molecule has 0 aromatic carbocycles. The highest BCUT2D eigenvalue weighted by Gasteiger charge is 2.67. The lowest BCUT2D eigenvalue weighted by atomic mass is 9.64. The fourth-order valence-corrected chi connectivity index (χ4v) is 4.18. The minimum absolute atomic E-state index is 0.144. The van der Waals surface area contributed by atoms with Gasteiger partial charge in [-0.3, -0.25) is 0 Å². The van der Waals surface area contributed by atoms with E-state index >= 15 is 0 Å². The average molecular weight is 206 g/mol. The largest absolute Gasteiger partial charge is 0.454 e. The molecule has 82 valence electrons. The fourth-order valence-electron chi connectivity index (χ4n) is 4.18. The van der Waals surface area contributed by atoms with Gasteiger partial charge < -0.3 is 4.74 Å². The van der Waals surface area contributed by atoms with Gasteiger partial charge in [-0.1, -0.05) is 20.4 Å². The quantitative estimate of drug-likeness (QED) is 0.450. The number of carbonyl (C=O) groups is 1. The van der Waals surface area contributed by atoms with Gasteiger partial charge in [0.05, 0.1) is 0 Å². The van der Waals surface area contributed by atoms with Crippen LogP contribution in [0, 0.1) is 17.3 Å². The van der Waals surface area contributed by atoms with Crippen molar-refractivity contribution >= 4 is 5.97 Å². The number of hydrogen-bond donors (Lipinski definition) is 0. The topological polar surface area (TPSA) is 26.3 Å². The first-order valence-corrected chi connectivity index (χ1v) is 5.88. The Morgan fingerprint density at radius 3 is 2.47 bits per heavy atom. The van der Waals surface area contributed by atoms with E-state index in [1.165, 1.54) is 19.3 Å². The van der Waals surface area contributed by atoms with Crippen LogP contribution in [0.15, 0.2) is 12.2 Å². The highest BCUT2D eigenvalue weighted by atomic mass is 16.6. The number of carbonyl (C=O) groups excluding carboxylic acids is 1. The molecule has 1 spiro atoms. The van der Waals surface area contributed by atoms with Crippen molar-refractivity contribution in [3.63, 3.8) is 0 Å². The van der Waals surface area contributed by atoms with Crippen LogP contribution in [-0.4, -0.2) is 11.6 Å². The van der Waals surface area contributed by atoms with Crippen molar-refractivity contribution in [3.8, 4) is 0 Å². The molecule has 0 N–H and O–H groups in total. The molecule has 1 aliphatic heterocycles. The molecule has 0 aromatic heterocycles. The summed E-state index contributed by atoms with van der Waals surface area (Å²) in [6.07, 6.45) is 4.55. The zero-order valence-electron chi connectivity index (χ0n) is 9.51. The van der Waals surface area contributed by atoms with Crippen LogP contribution in [0.3, 0.4) is 0 Å². The molecule has 0 amide bonds. The van der Waals surface area contributed by atoms with Crippen LogP contribution in [0.2, 0.25) is 0 Å². The summed E-state index contributed by atoms with van der Waals surface area (Å²) >= 11 is 0. The predicted molar refractivity (Wildman–Crippen MR) is 57.2 cm³/mol. The molecule has 2 aliphatic carbocycles. The zero-order chi connectivity index (χ0) is 10.8. The maximum Gasteiger partial charge on any atom is 0.334 e. The summed E-state index contributed by atoms with van der Waals surface area (Å²) in [4.78, 5) is 11.6. The van der Waals surface area contributed by atoms with Gasteiger partial charge in [-0.15, -0.1) is 0 Å². The van der Waals surface area contributed by atoms with Crippen molar-refractivity contribution < 1.29 is 9.53 Å². The van der Waals surface area contributed by atoms with E-state index in [0.717, 1.165) is 12.3 Å². The maximum absolute atomic E-state index is 11.6. The van der Waals surface area contributed by atoms with Crippen molar-refractivity contribution in [2.75, 3.05) is 0 Å². The van der Waals surface area contributed by atoms with Crippen LogP contribution in [-0.2, 0) is 9.53 Å². The second kappa shape index (κ2) is 2.47. The molecule has 2 heteroatoms. The normalized spacial score (nSPS) is 46.5. The molecule has 1 saturated heterocycles. The molecule has 0 radical (unpaired) electrons. The molecule has 3 fully saturated rings. The minimum Gasteiger partial charge on any atom is -0.454 e. The molecule has 3 aliphatic rings. The molecule has 2 nitrogen and oxygen atoms in total. The van der Waals surface area contributed by atoms with Crippen LogP contribution < -0.4 is 0 Å². The van der Waals surface area contributed by atoms with Gasteiger partial charge in [0.1, 0.15) is 5.60 Å². The summed E-state index contributed by atoms with van der Waals surface area (Å²) in [5, 5.41) is 0. The molecule has 0 unspecified atom stereocenters. The van der Waals surface area contributed by atoms with Crippen molar-refractivity contribution in [2.24, 2.45) is 17.3 Å². The molecular formula is C13H18O2. The van der Waals surface area contributed by atoms with Gasteiger partial charge in [-0.05, 0) is 31.1 Å². The Hall–Kier alpha value is -0.790. The van der Waals surface area contributed by atoms with E-state index in [2.05, 4.69) is 20.4 Å². The molecular weight excluding hydrogens is 188 g/mol. The molecule has 2 bridgehead atoms. The monoisotopic (exact) mass is 206 g/mol. The number of hydrogen-bond acceptors (Lipinski definition) is 2. The molecule has 3 rings (SSSR count). The lowest BCUT2D eigenvalue weighted by molar-refractivity contribution is -0.166. The minimum atomic E-state index is -0.204. The SMILES string of the molecule is C=C1C[C@@]2(OC1=O)[C@H]1CC[C@H](C1)C2(C)C. The van der Waals surface area contributed by atoms with Crippen molar-refractivity contribution in [1.29, 1.82) is 0 Å². The number of ether oxygens (including phenoxy) is 1. The summed E-state index contributed by atoms with van der Waals surface area (Å²) < 4.78 is 5.73. The Labute approximate surface area is 90.7 Å². The zero-order valence-corrected chi connectivity index (χ0v) is 9.51. The smallest absolute Gasteiger partial charge is 0.334 e. The Bertz CT molecular complexity index is 338. The second-order valence-electron chi connectivity index (χ2n) is 5.99. The van der Waals surface area contributed by atoms with Crippen molar-refractivity contribution in [3.05, 3.63) is 12.2 Å². The second-order valence-corrected chi connectivity index (χ2v) is 5.99. The van der Waals surface area contributed by atoms with Gasteiger partial charge in [0.15, 0.2) is 0 Å². The van der Waals surface area contributed by atoms with E-state index in [9.17, 15) is 4.79 Å². The van der Waals surface area contributed by atoms with Gasteiger partial charge in [0.25, 0.3) is 0 Å².